The van der Waals surface area contributed by atoms with E-state index in [1.54, 1.807) is 31.3 Å². The largest absolute Gasteiger partial charge is 0.338 e. The van der Waals surface area contributed by atoms with Crippen molar-refractivity contribution in [2.45, 2.75) is 6.54 Å². The van der Waals surface area contributed by atoms with Gasteiger partial charge in [-0.15, -0.1) is 0 Å². The van der Waals surface area contributed by atoms with Gasteiger partial charge >= 0.3 is 0 Å². The van der Waals surface area contributed by atoms with Crippen LogP contribution in [0.5, 0.6) is 0 Å². The lowest BCUT2D eigenvalue weighted by molar-refractivity contribution is -0.384. The van der Waals surface area contributed by atoms with Crippen molar-refractivity contribution in [3.8, 4) is 0 Å². The maximum absolute atomic E-state index is 12.1. The van der Waals surface area contributed by atoms with Crippen molar-refractivity contribution in [1.82, 2.24) is 4.90 Å². The lowest BCUT2D eigenvalue weighted by atomic mass is 10.2. The number of rotatable bonds is 5. The SMILES string of the molecule is CN(Cc1ccccc1Cl)C(=O)C=Cc1cccc([N+](=O)[O-])c1. The van der Waals surface area contributed by atoms with Gasteiger partial charge in [0, 0.05) is 36.8 Å². The summed E-state index contributed by atoms with van der Waals surface area (Å²) in [5.74, 6) is -0.212. The molecule has 0 aliphatic heterocycles. The van der Waals surface area contributed by atoms with Crippen LogP contribution in [0.15, 0.2) is 54.6 Å². The average molecular weight is 331 g/mol. The quantitative estimate of drug-likeness (QED) is 0.474. The first-order valence-electron chi connectivity index (χ1n) is 6.88. The number of nitrogens with zero attached hydrogens (tertiary/aromatic N) is 2. The Morgan fingerprint density at radius 2 is 2.00 bits per heavy atom. The molecule has 0 atom stereocenters. The van der Waals surface area contributed by atoms with E-state index in [9.17, 15) is 14.9 Å². The summed E-state index contributed by atoms with van der Waals surface area (Å²) in [5, 5.41) is 11.3. The van der Waals surface area contributed by atoms with E-state index >= 15 is 0 Å². The van der Waals surface area contributed by atoms with Crippen LogP contribution in [0.1, 0.15) is 11.1 Å². The molecule has 0 aliphatic carbocycles. The first-order valence-corrected chi connectivity index (χ1v) is 7.26. The van der Waals surface area contributed by atoms with Crippen molar-refractivity contribution >= 4 is 29.3 Å². The standard InChI is InChI=1S/C17H15ClN2O3/c1-19(12-14-6-2-3-8-16(14)18)17(21)10-9-13-5-4-7-15(11-13)20(22)23/h2-11H,12H2,1H3. The van der Waals surface area contributed by atoms with Crippen molar-refractivity contribution < 1.29 is 9.72 Å². The molecule has 1 amide bonds. The number of nitro benzene ring substituents is 1. The third-order valence-corrected chi connectivity index (χ3v) is 3.61. The summed E-state index contributed by atoms with van der Waals surface area (Å²) in [5.41, 5.74) is 1.44. The lowest BCUT2D eigenvalue weighted by Gasteiger charge is -2.16. The zero-order valence-corrected chi connectivity index (χ0v) is 13.2. The first kappa shape index (κ1) is 16.7. The second kappa shape index (κ2) is 7.56. The smallest absolute Gasteiger partial charge is 0.270 e. The Hall–Kier alpha value is -2.66. The van der Waals surface area contributed by atoms with Gasteiger partial charge < -0.3 is 4.90 Å². The monoisotopic (exact) mass is 330 g/mol. The van der Waals surface area contributed by atoms with Gasteiger partial charge in [-0.1, -0.05) is 41.9 Å². The summed E-state index contributed by atoms with van der Waals surface area (Å²) in [6, 6.07) is 13.4. The molecule has 2 rings (SSSR count). The van der Waals surface area contributed by atoms with Gasteiger partial charge in [-0.2, -0.15) is 0 Å². The van der Waals surface area contributed by atoms with Gasteiger partial charge in [-0.3, -0.25) is 14.9 Å². The van der Waals surface area contributed by atoms with Gasteiger partial charge in [0.2, 0.25) is 5.91 Å². The Kier molecular flexibility index (Phi) is 5.49. The number of likely N-dealkylation sites (N-methyl/N-ethyl adjacent to an activating group) is 1. The highest BCUT2D eigenvalue weighted by molar-refractivity contribution is 6.31. The molecule has 0 aliphatic rings. The minimum Gasteiger partial charge on any atom is -0.338 e. The third kappa shape index (κ3) is 4.66. The predicted octanol–water partition coefficient (Wildman–Crippen LogP) is 3.92. The van der Waals surface area contributed by atoms with Gasteiger partial charge in [0.25, 0.3) is 5.69 Å². The highest BCUT2D eigenvalue weighted by atomic mass is 35.5. The van der Waals surface area contributed by atoms with Crippen LogP contribution in [0.4, 0.5) is 5.69 Å². The Bertz CT molecular complexity index is 759. The number of hydrogen-bond acceptors (Lipinski definition) is 3. The van der Waals surface area contributed by atoms with Crippen LogP contribution < -0.4 is 0 Å². The van der Waals surface area contributed by atoms with E-state index < -0.39 is 4.92 Å². The second-order valence-corrected chi connectivity index (χ2v) is 5.38. The maximum atomic E-state index is 12.1. The summed E-state index contributed by atoms with van der Waals surface area (Å²) in [7, 11) is 1.67. The average Bonchev–Trinajstić information content (AvgIpc) is 2.55. The molecule has 0 N–H and O–H groups in total. The molecular weight excluding hydrogens is 316 g/mol. The maximum Gasteiger partial charge on any atom is 0.270 e. The fraction of sp³-hybridized carbons (Fsp3) is 0.118. The molecule has 6 heteroatoms. The molecule has 5 nitrogen and oxygen atoms in total. The van der Waals surface area contributed by atoms with Crippen LogP contribution in [-0.4, -0.2) is 22.8 Å². The van der Waals surface area contributed by atoms with E-state index in [2.05, 4.69) is 0 Å². The van der Waals surface area contributed by atoms with Crippen molar-refractivity contribution in [2.24, 2.45) is 0 Å². The molecule has 0 fully saturated rings. The normalized spacial score (nSPS) is 10.7. The molecule has 0 saturated carbocycles. The molecule has 0 aromatic heterocycles. The Morgan fingerprint density at radius 3 is 2.70 bits per heavy atom. The second-order valence-electron chi connectivity index (χ2n) is 4.97. The summed E-state index contributed by atoms with van der Waals surface area (Å²) < 4.78 is 0. The summed E-state index contributed by atoms with van der Waals surface area (Å²) in [4.78, 5) is 23.9. The number of benzene rings is 2. The van der Waals surface area contributed by atoms with Crippen LogP contribution in [0.2, 0.25) is 5.02 Å². The van der Waals surface area contributed by atoms with E-state index in [-0.39, 0.29) is 11.6 Å². The fourth-order valence-electron chi connectivity index (χ4n) is 2.00. The predicted molar refractivity (Wildman–Crippen MR) is 90.1 cm³/mol. The van der Waals surface area contributed by atoms with E-state index in [1.807, 2.05) is 18.2 Å². The van der Waals surface area contributed by atoms with Gasteiger partial charge in [0.05, 0.1) is 4.92 Å². The zero-order valence-electron chi connectivity index (χ0n) is 12.5. The molecule has 0 bridgehead atoms. The summed E-state index contributed by atoms with van der Waals surface area (Å²) in [6.45, 7) is 0.387. The lowest BCUT2D eigenvalue weighted by Crippen LogP contribution is -2.24. The van der Waals surface area contributed by atoms with E-state index in [0.717, 1.165) is 5.56 Å². The molecule has 0 heterocycles. The number of halogens is 1. The molecular formula is C17H15ClN2O3. The molecule has 23 heavy (non-hydrogen) atoms. The minimum atomic E-state index is -0.470. The number of carbonyl (C=O) groups excluding carboxylic acids is 1. The van der Waals surface area contributed by atoms with Crippen LogP contribution >= 0.6 is 11.6 Å². The summed E-state index contributed by atoms with van der Waals surface area (Å²) in [6.07, 6.45) is 2.94. The fourth-order valence-corrected chi connectivity index (χ4v) is 2.19. The van der Waals surface area contributed by atoms with Crippen LogP contribution in [-0.2, 0) is 11.3 Å². The highest BCUT2D eigenvalue weighted by Crippen LogP contribution is 2.17. The van der Waals surface area contributed by atoms with Crippen LogP contribution in [0, 0.1) is 10.1 Å². The summed E-state index contributed by atoms with van der Waals surface area (Å²) >= 11 is 6.07. The van der Waals surface area contributed by atoms with Crippen molar-refractivity contribution in [3.05, 3.63) is 80.9 Å². The first-order chi connectivity index (χ1) is 11.0. The molecule has 0 saturated heterocycles. The number of non-ortho nitro benzene ring substituents is 1. The van der Waals surface area contributed by atoms with Crippen molar-refractivity contribution in [1.29, 1.82) is 0 Å². The van der Waals surface area contributed by atoms with E-state index in [4.69, 9.17) is 11.6 Å². The van der Waals surface area contributed by atoms with Gasteiger partial charge in [0.1, 0.15) is 0 Å². The Balaban J connectivity index is 2.04. The van der Waals surface area contributed by atoms with E-state index in [1.165, 1.54) is 23.1 Å². The Morgan fingerprint density at radius 1 is 1.26 bits per heavy atom. The third-order valence-electron chi connectivity index (χ3n) is 3.24. The van der Waals surface area contributed by atoms with Gasteiger partial charge in [-0.25, -0.2) is 0 Å². The molecule has 0 radical (unpaired) electrons. The topological polar surface area (TPSA) is 63.5 Å². The van der Waals surface area contributed by atoms with Crippen molar-refractivity contribution in [3.63, 3.8) is 0 Å². The number of amides is 1. The van der Waals surface area contributed by atoms with Gasteiger partial charge in [0.15, 0.2) is 0 Å². The van der Waals surface area contributed by atoms with Crippen LogP contribution in [0.25, 0.3) is 6.08 Å². The van der Waals surface area contributed by atoms with Gasteiger partial charge in [-0.05, 0) is 23.3 Å². The van der Waals surface area contributed by atoms with Crippen molar-refractivity contribution in [2.75, 3.05) is 7.05 Å². The molecule has 118 valence electrons. The number of carbonyl (C=O) groups is 1. The Labute approximate surface area is 139 Å². The molecule has 2 aromatic rings. The van der Waals surface area contributed by atoms with Crippen LogP contribution in [0.3, 0.4) is 0 Å². The minimum absolute atomic E-state index is 0.0102. The molecule has 0 unspecified atom stereocenters. The molecule has 0 spiro atoms. The highest BCUT2D eigenvalue weighted by Gasteiger charge is 2.08. The zero-order chi connectivity index (χ0) is 16.8. The number of hydrogen-bond donors (Lipinski definition) is 0. The van der Waals surface area contributed by atoms with E-state index in [0.29, 0.717) is 17.1 Å². The number of nitro groups is 1. The molecule has 2 aromatic carbocycles.